The van der Waals surface area contributed by atoms with Crippen molar-refractivity contribution in [2.45, 2.75) is 26.5 Å². The first-order valence-electron chi connectivity index (χ1n) is 10.1. The van der Waals surface area contributed by atoms with E-state index in [9.17, 15) is 9.59 Å². The van der Waals surface area contributed by atoms with Crippen LogP contribution in [0, 0.1) is 0 Å². The number of hydrogen-bond donors (Lipinski definition) is 1. The molecule has 0 aliphatic rings. The molecule has 0 amide bonds. The van der Waals surface area contributed by atoms with Crippen molar-refractivity contribution in [1.29, 1.82) is 0 Å². The Morgan fingerprint density at radius 2 is 1.91 bits per heavy atom. The number of benzene rings is 2. The second-order valence-electron chi connectivity index (χ2n) is 7.35. The minimum Gasteiger partial charge on any atom is -0.489 e. The van der Waals surface area contributed by atoms with Gasteiger partial charge in [-0.3, -0.25) is 9.36 Å². The zero-order valence-electron chi connectivity index (χ0n) is 18.3. The summed E-state index contributed by atoms with van der Waals surface area (Å²) in [6.45, 7) is 4.06. The van der Waals surface area contributed by atoms with E-state index in [1.807, 2.05) is 26.0 Å². The molecular formula is C24H23Cl2N3O4. The van der Waals surface area contributed by atoms with Crippen LogP contribution in [0.25, 0.3) is 6.08 Å². The molecule has 2 aromatic carbocycles. The SMILES string of the molecule is COC(=O)C=Cc1cnc(Nc2ccc(OC(C)C)c(Cl)c2)n(Cc2ccc(Cl)cc2)c1=O. The van der Waals surface area contributed by atoms with Gasteiger partial charge in [0.15, 0.2) is 0 Å². The molecule has 0 fully saturated rings. The molecule has 0 saturated heterocycles. The van der Waals surface area contributed by atoms with E-state index in [-0.39, 0.29) is 23.8 Å². The van der Waals surface area contributed by atoms with Gasteiger partial charge in [-0.2, -0.15) is 0 Å². The fraction of sp³-hybridized carbons (Fsp3) is 0.208. The van der Waals surface area contributed by atoms with Crippen LogP contribution in [-0.4, -0.2) is 28.7 Å². The molecule has 0 bridgehead atoms. The lowest BCUT2D eigenvalue weighted by Gasteiger charge is -2.16. The number of anilines is 2. The van der Waals surface area contributed by atoms with Crippen molar-refractivity contribution in [3.63, 3.8) is 0 Å². The normalized spacial score (nSPS) is 11.1. The van der Waals surface area contributed by atoms with E-state index in [0.29, 0.717) is 27.4 Å². The number of halogens is 2. The van der Waals surface area contributed by atoms with Gasteiger partial charge < -0.3 is 14.8 Å². The maximum atomic E-state index is 13.2. The summed E-state index contributed by atoms with van der Waals surface area (Å²) in [5.74, 6) is 0.296. The summed E-state index contributed by atoms with van der Waals surface area (Å²) >= 11 is 12.3. The number of nitrogens with one attached hydrogen (secondary N) is 1. The van der Waals surface area contributed by atoms with Crippen LogP contribution in [0.1, 0.15) is 25.0 Å². The molecular weight excluding hydrogens is 465 g/mol. The quantitative estimate of drug-likeness (QED) is 0.342. The monoisotopic (exact) mass is 487 g/mol. The van der Waals surface area contributed by atoms with Gasteiger partial charge in [0.25, 0.3) is 5.56 Å². The Hall–Kier alpha value is -3.29. The van der Waals surface area contributed by atoms with Crippen molar-refractivity contribution in [1.82, 2.24) is 9.55 Å². The number of esters is 1. The molecule has 3 rings (SSSR count). The van der Waals surface area contributed by atoms with Crippen LogP contribution in [0.15, 0.2) is 59.5 Å². The number of methoxy groups -OCH3 is 1. The molecule has 0 saturated carbocycles. The second-order valence-corrected chi connectivity index (χ2v) is 8.19. The van der Waals surface area contributed by atoms with Gasteiger partial charge >= 0.3 is 5.97 Å². The first-order valence-corrected chi connectivity index (χ1v) is 10.9. The van der Waals surface area contributed by atoms with E-state index in [1.165, 1.54) is 30.0 Å². The van der Waals surface area contributed by atoms with Crippen molar-refractivity contribution in [3.05, 3.63) is 86.3 Å². The number of ether oxygens (including phenoxy) is 2. The highest BCUT2D eigenvalue weighted by atomic mass is 35.5. The number of carbonyl (C=O) groups is 1. The molecule has 0 radical (unpaired) electrons. The van der Waals surface area contributed by atoms with E-state index < -0.39 is 5.97 Å². The first kappa shape index (κ1) is 24.4. The van der Waals surface area contributed by atoms with Crippen LogP contribution >= 0.6 is 23.2 Å². The summed E-state index contributed by atoms with van der Waals surface area (Å²) < 4.78 is 11.7. The predicted molar refractivity (Wildman–Crippen MR) is 131 cm³/mol. The topological polar surface area (TPSA) is 82.4 Å². The number of aromatic nitrogens is 2. The lowest BCUT2D eigenvalue weighted by atomic mass is 10.2. The van der Waals surface area contributed by atoms with E-state index >= 15 is 0 Å². The third-order valence-corrected chi connectivity index (χ3v) is 5.03. The maximum absolute atomic E-state index is 13.2. The van der Waals surface area contributed by atoms with Crippen LogP contribution in [0.3, 0.4) is 0 Å². The largest absolute Gasteiger partial charge is 0.489 e. The molecule has 0 unspecified atom stereocenters. The van der Waals surface area contributed by atoms with E-state index in [0.717, 1.165) is 5.56 Å². The first-order chi connectivity index (χ1) is 15.8. The van der Waals surface area contributed by atoms with Crippen molar-refractivity contribution >= 4 is 46.9 Å². The zero-order chi connectivity index (χ0) is 24.0. The third kappa shape index (κ3) is 6.60. The van der Waals surface area contributed by atoms with E-state index in [1.54, 1.807) is 30.3 Å². The Labute approximate surface area is 201 Å². The summed E-state index contributed by atoms with van der Waals surface area (Å²) in [4.78, 5) is 29.1. The Balaban J connectivity index is 1.99. The van der Waals surface area contributed by atoms with Crippen LogP contribution in [0.2, 0.25) is 10.0 Å². The van der Waals surface area contributed by atoms with E-state index in [2.05, 4.69) is 15.0 Å². The highest BCUT2D eigenvalue weighted by Crippen LogP contribution is 2.29. The predicted octanol–water partition coefficient (Wildman–Crippen LogP) is 5.32. The van der Waals surface area contributed by atoms with Gasteiger partial charge in [0.2, 0.25) is 5.95 Å². The van der Waals surface area contributed by atoms with Crippen LogP contribution in [0.4, 0.5) is 11.6 Å². The molecule has 1 N–H and O–H groups in total. The number of rotatable bonds is 8. The Bertz CT molecular complexity index is 1220. The van der Waals surface area contributed by atoms with Crippen LogP contribution < -0.4 is 15.6 Å². The van der Waals surface area contributed by atoms with Gasteiger partial charge in [0, 0.05) is 23.0 Å². The molecule has 0 atom stereocenters. The van der Waals surface area contributed by atoms with Gasteiger partial charge in [-0.05, 0) is 55.8 Å². The summed E-state index contributed by atoms with van der Waals surface area (Å²) in [6.07, 6.45) is 3.92. The van der Waals surface area contributed by atoms with Gasteiger partial charge in [0.05, 0.1) is 30.3 Å². The molecule has 0 aliphatic heterocycles. The van der Waals surface area contributed by atoms with Gasteiger partial charge in [-0.25, -0.2) is 9.78 Å². The standard InChI is InChI=1S/C24H23Cl2N3O4/c1-15(2)33-21-10-9-19(12-20(21)26)28-24-27-13-17(6-11-22(30)32-3)23(31)29(24)14-16-4-7-18(25)8-5-16/h4-13,15H,14H2,1-3H3,(H,27,28). The molecule has 1 aromatic heterocycles. The lowest BCUT2D eigenvalue weighted by Crippen LogP contribution is -2.26. The fourth-order valence-corrected chi connectivity index (χ4v) is 3.27. The highest BCUT2D eigenvalue weighted by molar-refractivity contribution is 6.32. The second kappa shape index (κ2) is 11.0. The Morgan fingerprint density at radius 3 is 2.55 bits per heavy atom. The fourth-order valence-electron chi connectivity index (χ4n) is 2.92. The number of hydrogen-bond acceptors (Lipinski definition) is 6. The average molecular weight is 488 g/mol. The summed E-state index contributed by atoms with van der Waals surface area (Å²) in [5.41, 5.74) is 1.37. The van der Waals surface area contributed by atoms with Gasteiger partial charge in [-0.15, -0.1) is 0 Å². The van der Waals surface area contributed by atoms with Crippen molar-refractivity contribution in [2.75, 3.05) is 12.4 Å². The van der Waals surface area contributed by atoms with Crippen molar-refractivity contribution < 1.29 is 14.3 Å². The Kier molecular flexibility index (Phi) is 8.14. The van der Waals surface area contributed by atoms with E-state index in [4.69, 9.17) is 27.9 Å². The summed E-state index contributed by atoms with van der Waals surface area (Å²) in [6, 6.07) is 12.4. The molecule has 7 nitrogen and oxygen atoms in total. The van der Waals surface area contributed by atoms with Gasteiger partial charge in [0.1, 0.15) is 5.75 Å². The molecule has 1 heterocycles. The zero-order valence-corrected chi connectivity index (χ0v) is 19.9. The van der Waals surface area contributed by atoms with Crippen LogP contribution in [0.5, 0.6) is 5.75 Å². The molecule has 9 heteroatoms. The lowest BCUT2D eigenvalue weighted by molar-refractivity contribution is -0.134. The summed E-state index contributed by atoms with van der Waals surface area (Å²) in [5, 5.41) is 4.16. The average Bonchev–Trinajstić information content (AvgIpc) is 2.78. The van der Waals surface area contributed by atoms with Gasteiger partial charge in [-0.1, -0.05) is 35.3 Å². The van der Waals surface area contributed by atoms with Crippen LogP contribution in [-0.2, 0) is 16.1 Å². The highest BCUT2D eigenvalue weighted by Gasteiger charge is 2.12. The summed E-state index contributed by atoms with van der Waals surface area (Å²) in [7, 11) is 1.26. The maximum Gasteiger partial charge on any atom is 0.330 e. The Morgan fingerprint density at radius 1 is 1.18 bits per heavy atom. The minimum atomic E-state index is -0.570. The minimum absolute atomic E-state index is 0.0156. The molecule has 3 aromatic rings. The molecule has 172 valence electrons. The smallest absolute Gasteiger partial charge is 0.330 e. The molecule has 0 spiro atoms. The molecule has 33 heavy (non-hydrogen) atoms. The number of carbonyl (C=O) groups excluding carboxylic acids is 1. The molecule has 0 aliphatic carbocycles. The third-order valence-electron chi connectivity index (χ3n) is 4.48. The number of nitrogens with zero attached hydrogens (tertiary/aromatic N) is 2. The van der Waals surface area contributed by atoms with Crippen molar-refractivity contribution in [2.24, 2.45) is 0 Å². The van der Waals surface area contributed by atoms with Crippen molar-refractivity contribution in [3.8, 4) is 5.75 Å².